The summed E-state index contributed by atoms with van der Waals surface area (Å²) in [6, 6.07) is 0. The van der Waals surface area contributed by atoms with Gasteiger partial charge in [0, 0.05) is 18.0 Å². The number of ketones is 1. The zero-order valence-corrected chi connectivity index (χ0v) is 13.4. The Bertz CT molecular complexity index is 698. The lowest BCUT2D eigenvalue weighted by Gasteiger charge is -2.26. The highest BCUT2D eigenvalue weighted by molar-refractivity contribution is 6.20. The van der Waals surface area contributed by atoms with Gasteiger partial charge < -0.3 is 0 Å². The van der Waals surface area contributed by atoms with Crippen LogP contribution in [0.25, 0.3) is 5.57 Å². The fourth-order valence-electron chi connectivity index (χ4n) is 4.35. The maximum absolute atomic E-state index is 13.0. The van der Waals surface area contributed by atoms with Gasteiger partial charge in [-0.05, 0) is 61.6 Å². The van der Waals surface area contributed by atoms with Crippen molar-refractivity contribution < 1.29 is 9.59 Å². The fourth-order valence-corrected chi connectivity index (χ4v) is 4.54. The van der Waals surface area contributed by atoms with Crippen molar-refractivity contribution in [2.24, 2.45) is 5.92 Å². The molecule has 1 atom stereocenters. The van der Waals surface area contributed by atoms with Gasteiger partial charge in [0.1, 0.15) is 11.7 Å². The van der Waals surface area contributed by atoms with E-state index < -0.39 is 5.92 Å². The summed E-state index contributed by atoms with van der Waals surface area (Å²) < 4.78 is 1.91. The molecule has 0 saturated heterocycles. The second-order valence-electron chi connectivity index (χ2n) is 6.56. The molecule has 0 amide bonds. The number of rotatable bonds is 3. The molecule has 1 aromatic rings. The molecule has 0 saturated carbocycles. The van der Waals surface area contributed by atoms with Crippen LogP contribution in [-0.2, 0) is 24.1 Å². The molecule has 2 heterocycles. The van der Waals surface area contributed by atoms with Crippen molar-refractivity contribution in [2.75, 3.05) is 5.88 Å². The third-order valence-electron chi connectivity index (χ3n) is 5.30. The van der Waals surface area contributed by atoms with Crippen LogP contribution in [0.15, 0.2) is 6.08 Å². The molecule has 3 nitrogen and oxygen atoms in total. The molecule has 1 aromatic heterocycles. The van der Waals surface area contributed by atoms with Crippen molar-refractivity contribution >= 4 is 28.9 Å². The van der Waals surface area contributed by atoms with Gasteiger partial charge in [-0.25, -0.2) is 0 Å². The summed E-state index contributed by atoms with van der Waals surface area (Å²) in [4.78, 5) is 25.3. The molecule has 4 heteroatoms. The number of aromatic nitrogens is 1. The number of halogens is 1. The van der Waals surface area contributed by atoms with Crippen LogP contribution in [0.1, 0.15) is 59.4 Å². The molecule has 116 valence electrons. The molecule has 2 aliphatic carbocycles. The minimum absolute atomic E-state index is 0.0384. The van der Waals surface area contributed by atoms with Crippen molar-refractivity contribution in [3.8, 4) is 0 Å². The Hall–Kier alpha value is -1.35. The lowest BCUT2D eigenvalue weighted by molar-refractivity contribution is -0.120. The Balaban J connectivity index is 1.88. The lowest BCUT2D eigenvalue weighted by atomic mass is 9.84. The molecule has 4 rings (SSSR count). The maximum Gasteiger partial charge on any atom is 0.245 e. The van der Waals surface area contributed by atoms with E-state index in [-0.39, 0.29) is 24.0 Å². The van der Waals surface area contributed by atoms with E-state index in [1.54, 1.807) is 0 Å². The molecule has 1 aliphatic heterocycles. The number of alkyl halides is 1. The van der Waals surface area contributed by atoms with E-state index in [4.69, 9.17) is 11.6 Å². The molecule has 0 spiro atoms. The number of Topliss-reactive ketones (excluding diaryl/α,β-unsaturated/α-hetero) is 1. The molecule has 3 aliphatic rings. The van der Waals surface area contributed by atoms with Crippen LogP contribution in [-0.4, -0.2) is 22.1 Å². The van der Waals surface area contributed by atoms with Gasteiger partial charge in [0.15, 0.2) is 0 Å². The van der Waals surface area contributed by atoms with Gasteiger partial charge in [0.05, 0.1) is 5.69 Å². The zero-order valence-electron chi connectivity index (χ0n) is 12.7. The molecule has 1 unspecified atom stereocenters. The van der Waals surface area contributed by atoms with E-state index in [2.05, 4.69) is 0 Å². The molecule has 0 bridgehead atoms. The van der Waals surface area contributed by atoms with Gasteiger partial charge in [0.2, 0.25) is 5.91 Å². The molecule has 0 aromatic carbocycles. The highest BCUT2D eigenvalue weighted by Gasteiger charge is 2.38. The predicted molar refractivity (Wildman–Crippen MR) is 86.4 cm³/mol. The Morgan fingerprint density at radius 1 is 1.14 bits per heavy atom. The number of nitrogens with zero attached hydrogens (tertiary/aromatic N) is 1. The highest BCUT2D eigenvalue weighted by Crippen LogP contribution is 2.42. The Kier molecular flexibility index (Phi) is 3.48. The highest BCUT2D eigenvalue weighted by atomic mass is 35.5. The molecule has 0 radical (unpaired) electrons. The maximum atomic E-state index is 13.0. The number of allylic oxidation sites excluding steroid dienone is 2. The standard InChI is InChI=1S/C18H20ClNO2/c19-9-8-16(21)14-10-11-4-3-6-13-12-5-1-2-7-15(12)20(17(11)13)18(14)22/h10,14H,1-9H2. The van der Waals surface area contributed by atoms with Gasteiger partial charge in [-0.15, -0.1) is 11.6 Å². The van der Waals surface area contributed by atoms with Crippen LogP contribution in [0, 0.1) is 5.92 Å². The van der Waals surface area contributed by atoms with Crippen LogP contribution < -0.4 is 0 Å². The van der Waals surface area contributed by atoms with Crippen LogP contribution in [0.3, 0.4) is 0 Å². The van der Waals surface area contributed by atoms with E-state index in [1.807, 2.05) is 10.6 Å². The summed E-state index contributed by atoms with van der Waals surface area (Å²) in [5, 5.41) is 0. The number of carbonyl (C=O) groups excluding carboxylic acids is 2. The first-order valence-electron chi connectivity index (χ1n) is 8.31. The first-order valence-corrected chi connectivity index (χ1v) is 8.85. The Labute approximate surface area is 135 Å². The van der Waals surface area contributed by atoms with Crippen molar-refractivity contribution in [3.63, 3.8) is 0 Å². The van der Waals surface area contributed by atoms with Gasteiger partial charge in [0.25, 0.3) is 0 Å². The molecule has 0 N–H and O–H groups in total. The smallest absolute Gasteiger partial charge is 0.245 e. The van der Waals surface area contributed by atoms with Crippen LogP contribution >= 0.6 is 11.6 Å². The number of fused-ring (bicyclic) bond motifs is 3. The first-order chi connectivity index (χ1) is 10.7. The minimum atomic E-state index is -0.620. The second kappa shape index (κ2) is 5.38. The average Bonchev–Trinajstić information content (AvgIpc) is 2.87. The fraction of sp³-hybridized carbons (Fsp3) is 0.556. The Morgan fingerprint density at radius 3 is 2.73 bits per heavy atom. The van der Waals surface area contributed by atoms with Crippen LogP contribution in [0.4, 0.5) is 0 Å². The second-order valence-corrected chi connectivity index (χ2v) is 6.94. The lowest BCUT2D eigenvalue weighted by Crippen LogP contribution is -2.33. The summed E-state index contributed by atoms with van der Waals surface area (Å²) in [5.74, 6) is -0.414. The summed E-state index contributed by atoms with van der Waals surface area (Å²) in [5.41, 5.74) is 6.34. The van der Waals surface area contributed by atoms with Crippen molar-refractivity contribution in [3.05, 3.63) is 28.6 Å². The van der Waals surface area contributed by atoms with E-state index in [9.17, 15) is 9.59 Å². The normalized spacial score (nSPS) is 22.9. The van der Waals surface area contributed by atoms with Gasteiger partial charge in [-0.3, -0.25) is 14.2 Å². The van der Waals surface area contributed by atoms with Crippen molar-refractivity contribution in [2.45, 2.75) is 51.4 Å². The summed E-state index contributed by atoms with van der Waals surface area (Å²) in [6.45, 7) is 0. The molecular weight excluding hydrogens is 298 g/mol. The number of carbonyl (C=O) groups is 2. The molecule has 0 fully saturated rings. The van der Waals surface area contributed by atoms with Gasteiger partial charge in [-0.1, -0.05) is 6.08 Å². The predicted octanol–water partition coefficient (Wildman–Crippen LogP) is 3.55. The third kappa shape index (κ3) is 1.95. The quantitative estimate of drug-likeness (QED) is 0.631. The third-order valence-corrected chi connectivity index (χ3v) is 5.49. The van der Waals surface area contributed by atoms with Crippen LogP contribution in [0.5, 0.6) is 0 Å². The monoisotopic (exact) mass is 317 g/mol. The number of hydrogen-bond donors (Lipinski definition) is 0. The van der Waals surface area contributed by atoms with Crippen LogP contribution in [0.2, 0.25) is 0 Å². The van der Waals surface area contributed by atoms with E-state index in [1.165, 1.54) is 28.8 Å². The molecular formula is C18H20ClNO2. The minimum Gasteiger partial charge on any atom is -0.298 e. The van der Waals surface area contributed by atoms with E-state index in [0.29, 0.717) is 0 Å². The number of hydrogen-bond acceptors (Lipinski definition) is 2. The van der Waals surface area contributed by atoms with Gasteiger partial charge in [-0.2, -0.15) is 0 Å². The SMILES string of the molecule is O=C(CCCl)C1C=C2CCCc3c4c(n(c32)C1=O)CCCC4. The summed E-state index contributed by atoms with van der Waals surface area (Å²) in [6.07, 6.45) is 9.80. The van der Waals surface area contributed by atoms with E-state index in [0.717, 1.165) is 44.2 Å². The largest absolute Gasteiger partial charge is 0.298 e. The van der Waals surface area contributed by atoms with E-state index >= 15 is 0 Å². The molecule has 22 heavy (non-hydrogen) atoms. The first kappa shape index (κ1) is 14.3. The topological polar surface area (TPSA) is 39.1 Å². The average molecular weight is 318 g/mol. The summed E-state index contributed by atoms with van der Waals surface area (Å²) in [7, 11) is 0. The summed E-state index contributed by atoms with van der Waals surface area (Å²) >= 11 is 5.70. The van der Waals surface area contributed by atoms with Crippen molar-refractivity contribution in [1.82, 2.24) is 4.57 Å². The van der Waals surface area contributed by atoms with Crippen molar-refractivity contribution in [1.29, 1.82) is 0 Å². The zero-order chi connectivity index (χ0) is 15.3. The van der Waals surface area contributed by atoms with Gasteiger partial charge >= 0.3 is 0 Å². The Morgan fingerprint density at radius 2 is 1.91 bits per heavy atom.